The first kappa shape index (κ1) is 15.4. The number of hydrogen-bond donors (Lipinski definition) is 1. The Bertz CT molecular complexity index is 598. The van der Waals surface area contributed by atoms with Gasteiger partial charge in [0.25, 0.3) is 0 Å². The van der Waals surface area contributed by atoms with Crippen LogP contribution >= 0.6 is 0 Å². The third-order valence-electron chi connectivity index (χ3n) is 3.46. The van der Waals surface area contributed by atoms with Gasteiger partial charge in [-0.15, -0.1) is 0 Å². The number of benzene rings is 1. The Morgan fingerprint density at radius 1 is 1.29 bits per heavy atom. The molecular weight excluding hydrogens is 267 g/mol. The molecule has 2 N–H and O–H groups in total. The van der Waals surface area contributed by atoms with Gasteiger partial charge in [0.1, 0.15) is 11.6 Å². The number of aromatic nitrogens is 1. The molecule has 1 heterocycles. The summed E-state index contributed by atoms with van der Waals surface area (Å²) < 4.78 is 18.8. The Labute approximate surface area is 125 Å². The van der Waals surface area contributed by atoms with Crippen molar-refractivity contribution >= 4 is 0 Å². The summed E-state index contributed by atoms with van der Waals surface area (Å²) in [6.45, 7) is 5.94. The molecule has 1 aromatic carbocycles. The Hall–Kier alpha value is -1.94. The molecular formula is C17H21FN2O. The fourth-order valence-corrected chi connectivity index (χ4v) is 2.29. The lowest BCUT2D eigenvalue weighted by Gasteiger charge is -2.28. The zero-order chi connectivity index (χ0) is 15.5. The summed E-state index contributed by atoms with van der Waals surface area (Å²) in [5, 5.41) is 0. The largest absolute Gasteiger partial charge is 0.491 e. The third kappa shape index (κ3) is 3.39. The minimum absolute atomic E-state index is 0.0954. The molecule has 0 aliphatic carbocycles. The van der Waals surface area contributed by atoms with E-state index in [0.717, 1.165) is 11.3 Å². The standard InChI is InChI=1S/C17H21FN2O/c1-4-17(19,16-9-8-14(18)11-20-16)13-6-5-7-15(10-13)21-12(2)3/h5-12H,4,19H2,1-3H3. The second-order valence-electron chi connectivity index (χ2n) is 5.38. The molecule has 0 saturated carbocycles. The summed E-state index contributed by atoms with van der Waals surface area (Å²) >= 11 is 0. The van der Waals surface area contributed by atoms with Gasteiger partial charge in [-0.05, 0) is 50.1 Å². The molecule has 0 saturated heterocycles. The van der Waals surface area contributed by atoms with E-state index in [1.165, 1.54) is 12.3 Å². The highest BCUT2D eigenvalue weighted by Crippen LogP contribution is 2.31. The van der Waals surface area contributed by atoms with Gasteiger partial charge in [-0.3, -0.25) is 4.98 Å². The minimum Gasteiger partial charge on any atom is -0.491 e. The average molecular weight is 288 g/mol. The van der Waals surface area contributed by atoms with E-state index < -0.39 is 5.54 Å². The van der Waals surface area contributed by atoms with Crippen LogP contribution in [0.2, 0.25) is 0 Å². The normalized spacial score (nSPS) is 14.0. The first-order chi connectivity index (χ1) is 9.95. The van der Waals surface area contributed by atoms with Crippen molar-refractivity contribution in [3.63, 3.8) is 0 Å². The van der Waals surface area contributed by atoms with Gasteiger partial charge in [0.2, 0.25) is 0 Å². The second-order valence-corrected chi connectivity index (χ2v) is 5.38. The molecule has 21 heavy (non-hydrogen) atoms. The molecule has 1 aromatic heterocycles. The summed E-state index contributed by atoms with van der Waals surface area (Å²) in [6.07, 6.45) is 1.94. The van der Waals surface area contributed by atoms with E-state index in [4.69, 9.17) is 10.5 Å². The van der Waals surface area contributed by atoms with E-state index in [2.05, 4.69) is 4.98 Å². The van der Waals surface area contributed by atoms with Crippen molar-refractivity contribution in [2.75, 3.05) is 0 Å². The molecule has 2 aromatic rings. The van der Waals surface area contributed by atoms with E-state index >= 15 is 0 Å². The molecule has 3 nitrogen and oxygen atoms in total. The highest BCUT2D eigenvalue weighted by molar-refractivity contribution is 5.39. The zero-order valence-corrected chi connectivity index (χ0v) is 12.6. The lowest BCUT2D eigenvalue weighted by atomic mass is 9.84. The van der Waals surface area contributed by atoms with E-state index in [0.29, 0.717) is 12.1 Å². The number of hydrogen-bond acceptors (Lipinski definition) is 3. The maximum Gasteiger partial charge on any atom is 0.141 e. The molecule has 1 unspecified atom stereocenters. The fourth-order valence-electron chi connectivity index (χ4n) is 2.29. The van der Waals surface area contributed by atoms with Crippen LogP contribution in [0.1, 0.15) is 38.4 Å². The summed E-state index contributed by atoms with van der Waals surface area (Å²) in [6, 6.07) is 10.7. The lowest BCUT2D eigenvalue weighted by molar-refractivity contribution is 0.242. The van der Waals surface area contributed by atoms with E-state index in [1.54, 1.807) is 6.07 Å². The van der Waals surface area contributed by atoms with Crippen molar-refractivity contribution in [2.24, 2.45) is 5.73 Å². The van der Waals surface area contributed by atoms with Gasteiger partial charge < -0.3 is 10.5 Å². The van der Waals surface area contributed by atoms with E-state index in [1.807, 2.05) is 45.0 Å². The Kier molecular flexibility index (Phi) is 4.58. The van der Waals surface area contributed by atoms with Crippen LogP contribution in [0.3, 0.4) is 0 Å². The smallest absolute Gasteiger partial charge is 0.141 e. The second kappa shape index (κ2) is 6.22. The number of pyridine rings is 1. The molecule has 0 amide bonds. The van der Waals surface area contributed by atoms with Crippen molar-refractivity contribution in [3.8, 4) is 5.75 Å². The molecule has 0 aliphatic rings. The van der Waals surface area contributed by atoms with Crippen LogP contribution in [-0.2, 0) is 5.54 Å². The Balaban J connectivity index is 2.42. The molecule has 0 radical (unpaired) electrons. The molecule has 0 bridgehead atoms. The SMILES string of the molecule is CCC(N)(c1cccc(OC(C)C)c1)c1ccc(F)cn1. The fraction of sp³-hybridized carbons (Fsp3) is 0.353. The summed E-state index contributed by atoms with van der Waals surface area (Å²) in [5.41, 5.74) is 7.34. The van der Waals surface area contributed by atoms with Crippen LogP contribution in [-0.4, -0.2) is 11.1 Å². The lowest BCUT2D eigenvalue weighted by Crippen LogP contribution is -2.38. The maximum atomic E-state index is 13.1. The van der Waals surface area contributed by atoms with Crippen LogP contribution in [0.4, 0.5) is 4.39 Å². The van der Waals surface area contributed by atoms with E-state index in [-0.39, 0.29) is 11.9 Å². The van der Waals surface area contributed by atoms with Gasteiger partial charge in [-0.25, -0.2) is 4.39 Å². The summed E-state index contributed by atoms with van der Waals surface area (Å²) in [5.74, 6) is 0.405. The topological polar surface area (TPSA) is 48.1 Å². The first-order valence-electron chi connectivity index (χ1n) is 7.14. The van der Waals surface area contributed by atoms with Crippen molar-refractivity contribution in [1.29, 1.82) is 0 Å². The van der Waals surface area contributed by atoms with Crippen molar-refractivity contribution in [2.45, 2.75) is 38.8 Å². The molecule has 112 valence electrons. The van der Waals surface area contributed by atoms with Gasteiger partial charge in [-0.2, -0.15) is 0 Å². The summed E-state index contributed by atoms with van der Waals surface area (Å²) in [7, 11) is 0. The van der Waals surface area contributed by atoms with E-state index in [9.17, 15) is 4.39 Å². The van der Waals surface area contributed by atoms with Crippen LogP contribution in [0.15, 0.2) is 42.6 Å². The number of nitrogens with zero attached hydrogens (tertiary/aromatic N) is 1. The van der Waals surface area contributed by atoms with Crippen molar-refractivity contribution in [3.05, 3.63) is 59.7 Å². The number of rotatable bonds is 5. The van der Waals surface area contributed by atoms with Gasteiger partial charge in [0, 0.05) is 0 Å². The highest BCUT2D eigenvalue weighted by Gasteiger charge is 2.29. The number of ether oxygens (including phenoxy) is 1. The summed E-state index contributed by atoms with van der Waals surface area (Å²) in [4.78, 5) is 4.15. The molecule has 0 spiro atoms. The van der Waals surface area contributed by atoms with Crippen molar-refractivity contribution < 1.29 is 9.13 Å². The quantitative estimate of drug-likeness (QED) is 0.914. The monoisotopic (exact) mass is 288 g/mol. The van der Waals surface area contributed by atoms with Crippen LogP contribution in [0.25, 0.3) is 0 Å². The predicted octanol–water partition coefficient (Wildman–Crippen LogP) is 3.62. The van der Waals surface area contributed by atoms with Crippen molar-refractivity contribution in [1.82, 2.24) is 4.98 Å². The molecule has 2 rings (SSSR count). The van der Waals surface area contributed by atoms with Crippen LogP contribution in [0.5, 0.6) is 5.75 Å². The van der Waals surface area contributed by atoms with Gasteiger partial charge in [0.15, 0.2) is 0 Å². The zero-order valence-electron chi connectivity index (χ0n) is 12.6. The molecule has 0 fully saturated rings. The highest BCUT2D eigenvalue weighted by atomic mass is 19.1. The van der Waals surface area contributed by atoms with Gasteiger partial charge in [0.05, 0.1) is 23.5 Å². The molecule has 1 atom stereocenters. The minimum atomic E-state index is -0.760. The maximum absolute atomic E-state index is 13.1. The Morgan fingerprint density at radius 3 is 2.62 bits per heavy atom. The number of halogens is 1. The third-order valence-corrected chi connectivity index (χ3v) is 3.46. The van der Waals surface area contributed by atoms with Crippen LogP contribution < -0.4 is 10.5 Å². The van der Waals surface area contributed by atoms with Gasteiger partial charge >= 0.3 is 0 Å². The number of nitrogens with two attached hydrogens (primary N) is 1. The van der Waals surface area contributed by atoms with Crippen LogP contribution in [0, 0.1) is 5.82 Å². The predicted molar refractivity (Wildman–Crippen MR) is 81.7 cm³/mol. The Morgan fingerprint density at radius 2 is 2.05 bits per heavy atom. The van der Waals surface area contributed by atoms with Gasteiger partial charge in [-0.1, -0.05) is 19.1 Å². The first-order valence-corrected chi connectivity index (χ1v) is 7.14. The average Bonchev–Trinajstić information content (AvgIpc) is 2.47. The molecule has 0 aliphatic heterocycles. The molecule has 4 heteroatoms.